The van der Waals surface area contributed by atoms with Crippen LogP contribution in [0.25, 0.3) is 0 Å². The molecule has 0 aliphatic heterocycles. The molecule has 4 heteroatoms. The van der Waals surface area contributed by atoms with Gasteiger partial charge in [0.15, 0.2) is 0 Å². The third kappa shape index (κ3) is 2.70. The molecular formula is C12H13N3O. The van der Waals surface area contributed by atoms with Crippen LogP contribution in [0.3, 0.4) is 0 Å². The maximum absolute atomic E-state index is 9.29. The Morgan fingerprint density at radius 1 is 1.31 bits per heavy atom. The maximum Gasteiger partial charge on any atom is 0.125 e. The molecule has 0 bridgehead atoms. The largest absolute Gasteiger partial charge is 0.508 e. The summed E-state index contributed by atoms with van der Waals surface area (Å²) in [4.78, 5) is 8.30. The summed E-state index contributed by atoms with van der Waals surface area (Å²) in [7, 11) is 0. The molecule has 4 nitrogen and oxygen atoms in total. The topological polar surface area (TPSA) is 58.0 Å². The van der Waals surface area contributed by atoms with Crippen LogP contribution in [0.1, 0.15) is 11.5 Å². The lowest BCUT2D eigenvalue weighted by atomic mass is 10.3. The molecule has 0 amide bonds. The Balaban J connectivity index is 2.02. The lowest BCUT2D eigenvalue weighted by Gasteiger charge is -2.06. The Bertz CT molecular complexity index is 440. The van der Waals surface area contributed by atoms with Gasteiger partial charge in [-0.05, 0) is 25.1 Å². The number of benzene rings is 1. The van der Waals surface area contributed by atoms with Crippen LogP contribution in [0.5, 0.6) is 5.75 Å². The predicted molar refractivity (Wildman–Crippen MR) is 62.2 cm³/mol. The number of rotatable bonds is 3. The third-order valence-electron chi connectivity index (χ3n) is 2.15. The molecule has 2 aromatic rings. The summed E-state index contributed by atoms with van der Waals surface area (Å²) in [6.45, 7) is 2.48. The molecule has 0 unspecified atom stereocenters. The first-order valence-corrected chi connectivity index (χ1v) is 5.05. The van der Waals surface area contributed by atoms with Gasteiger partial charge >= 0.3 is 0 Å². The fourth-order valence-electron chi connectivity index (χ4n) is 1.41. The van der Waals surface area contributed by atoms with Gasteiger partial charge in [-0.2, -0.15) is 0 Å². The van der Waals surface area contributed by atoms with Crippen molar-refractivity contribution in [3.05, 3.63) is 48.0 Å². The van der Waals surface area contributed by atoms with Crippen molar-refractivity contribution in [2.75, 3.05) is 5.32 Å². The number of nitrogens with zero attached hydrogens (tertiary/aromatic N) is 2. The average molecular weight is 215 g/mol. The molecule has 0 saturated carbocycles. The highest BCUT2D eigenvalue weighted by Crippen LogP contribution is 2.15. The summed E-state index contributed by atoms with van der Waals surface area (Å²) in [5.41, 5.74) is 1.80. The van der Waals surface area contributed by atoms with E-state index >= 15 is 0 Å². The molecule has 0 fully saturated rings. The van der Waals surface area contributed by atoms with Crippen LogP contribution in [0.15, 0.2) is 36.5 Å². The zero-order valence-electron chi connectivity index (χ0n) is 9.01. The van der Waals surface area contributed by atoms with E-state index in [9.17, 15) is 5.11 Å². The van der Waals surface area contributed by atoms with Gasteiger partial charge in [0.2, 0.25) is 0 Å². The summed E-state index contributed by atoms with van der Waals surface area (Å²) in [5.74, 6) is 1.01. The van der Waals surface area contributed by atoms with E-state index in [1.807, 2.05) is 19.1 Å². The van der Waals surface area contributed by atoms with Crippen molar-refractivity contribution in [2.24, 2.45) is 0 Å². The van der Waals surface area contributed by atoms with Crippen molar-refractivity contribution in [3.63, 3.8) is 0 Å². The molecule has 2 rings (SSSR count). The molecule has 16 heavy (non-hydrogen) atoms. The fraction of sp³-hybridized carbons (Fsp3) is 0.167. The molecular weight excluding hydrogens is 202 g/mol. The van der Waals surface area contributed by atoms with Gasteiger partial charge < -0.3 is 10.4 Å². The Hall–Kier alpha value is -2.10. The SMILES string of the molecule is Cc1nccc(CNc2cccc(O)c2)n1. The van der Waals surface area contributed by atoms with Crippen LogP contribution in [0, 0.1) is 6.92 Å². The molecule has 0 atom stereocenters. The molecule has 1 aromatic carbocycles. The first-order chi connectivity index (χ1) is 7.74. The minimum absolute atomic E-state index is 0.254. The smallest absolute Gasteiger partial charge is 0.125 e. The minimum atomic E-state index is 0.254. The van der Waals surface area contributed by atoms with E-state index < -0.39 is 0 Å². The quantitative estimate of drug-likeness (QED) is 0.823. The molecule has 0 aliphatic rings. The lowest BCUT2D eigenvalue weighted by molar-refractivity contribution is 0.475. The number of aromatic hydroxyl groups is 1. The normalized spacial score (nSPS) is 10.1. The summed E-state index contributed by atoms with van der Waals surface area (Å²) < 4.78 is 0. The van der Waals surface area contributed by atoms with E-state index in [1.54, 1.807) is 24.4 Å². The third-order valence-corrected chi connectivity index (χ3v) is 2.15. The Labute approximate surface area is 94.0 Å². The highest BCUT2D eigenvalue weighted by Gasteiger charge is 1.97. The fourth-order valence-corrected chi connectivity index (χ4v) is 1.41. The summed E-state index contributed by atoms with van der Waals surface area (Å²) in [5, 5.41) is 12.5. The molecule has 0 spiro atoms. The number of hydrogen-bond donors (Lipinski definition) is 2. The first-order valence-electron chi connectivity index (χ1n) is 5.05. The molecule has 82 valence electrons. The number of anilines is 1. The van der Waals surface area contributed by atoms with Crippen LogP contribution in [-0.4, -0.2) is 15.1 Å². The van der Waals surface area contributed by atoms with Crippen LogP contribution >= 0.6 is 0 Å². The monoisotopic (exact) mass is 215 g/mol. The highest BCUT2D eigenvalue weighted by atomic mass is 16.3. The highest BCUT2D eigenvalue weighted by molar-refractivity contribution is 5.47. The van der Waals surface area contributed by atoms with E-state index in [0.29, 0.717) is 6.54 Å². The molecule has 0 saturated heterocycles. The van der Waals surface area contributed by atoms with Crippen molar-refractivity contribution in [1.82, 2.24) is 9.97 Å². The Morgan fingerprint density at radius 3 is 2.94 bits per heavy atom. The van der Waals surface area contributed by atoms with Crippen molar-refractivity contribution < 1.29 is 5.11 Å². The first kappa shape index (κ1) is 10.4. The number of nitrogens with one attached hydrogen (secondary N) is 1. The molecule has 1 aromatic heterocycles. The van der Waals surface area contributed by atoms with Gasteiger partial charge in [-0.1, -0.05) is 6.07 Å². The van der Waals surface area contributed by atoms with Gasteiger partial charge in [0, 0.05) is 18.0 Å². The van der Waals surface area contributed by atoms with E-state index in [2.05, 4.69) is 15.3 Å². The lowest BCUT2D eigenvalue weighted by Crippen LogP contribution is -2.02. The number of aromatic nitrogens is 2. The van der Waals surface area contributed by atoms with E-state index in [4.69, 9.17) is 0 Å². The summed E-state index contributed by atoms with van der Waals surface area (Å²) in [6.07, 6.45) is 1.74. The molecule has 0 aliphatic carbocycles. The van der Waals surface area contributed by atoms with E-state index in [-0.39, 0.29) is 5.75 Å². The minimum Gasteiger partial charge on any atom is -0.508 e. The van der Waals surface area contributed by atoms with Gasteiger partial charge in [-0.15, -0.1) is 0 Å². The number of aryl methyl sites for hydroxylation is 1. The zero-order valence-corrected chi connectivity index (χ0v) is 9.01. The van der Waals surface area contributed by atoms with Crippen LogP contribution in [-0.2, 0) is 6.54 Å². The van der Waals surface area contributed by atoms with Crippen LogP contribution < -0.4 is 5.32 Å². The van der Waals surface area contributed by atoms with Crippen molar-refractivity contribution in [3.8, 4) is 5.75 Å². The van der Waals surface area contributed by atoms with Crippen molar-refractivity contribution in [1.29, 1.82) is 0 Å². The van der Waals surface area contributed by atoms with Gasteiger partial charge in [0.25, 0.3) is 0 Å². The zero-order chi connectivity index (χ0) is 11.4. The van der Waals surface area contributed by atoms with Crippen LogP contribution in [0.4, 0.5) is 5.69 Å². The maximum atomic E-state index is 9.29. The second-order valence-electron chi connectivity index (χ2n) is 3.50. The Morgan fingerprint density at radius 2 is 2.19 bits per heavy atom. The van der Waals surface area contributed by atoms with Crippen LogP contribution in [0.2, 0.25) is 0 Å². The molecule has 0 radical (unpaired) electrons. The second kappa shape index (κ2) is 4.61. The number of hydrogen-bond acceptors (Lipinski definition) is 4. The Kier molecular flexibility index (Phi) is 3.00. The predicted octanol–water partition coefficient (Wildman–Crippen LogP) is 2.10. The summed E-state index contributed by atoms with van der Waals surface area (Å²) in [6, 6.07) is 8.87. The van der Waals surface area contributed by atoms with Gasteiger partial charge in [-0.25, -0.2) is 9.97 Å². The van der Waals surface area contributed by atoms with Gasteiger partial charge in [-0.3, -0.25) is 0 Å². The van der Waals surface area contributed by atoms with Crippen molar-refractivity contribution >= 4 is 5.69 Å². The van der Waals surface area contributed by atoms with E-state index in [1.165, 1.54) is 0 Å². The second-order valence-corrected chi connectivity index (χ2v) is 3.50. The molecule has 2 N–H and O–H groups in total. The van der Waals surface area contributed by atoms with E-state index in [0.717, 1.165) is 17.2 Å². The standard InChI is InChI=1S/C12H13N3O/c1-9-13-6-5-11(15-9)8-14-10-3-2-4-12(16)7-10/h2-7,14,16H,8H2,1H3. The molecule has 1 heterocycles. The average Bonchev–Trinajstić information content (AvgIpc) is 2.27. The summed E-state index contributed by atoms with van der Waals surface area (Å²) >= 11 is 0. The van der Waals surface area contributed by atoms with Gasteiger partial charge in [0.1, 0.15) is 11.6 Å². The number of phenols is 1. The number of phenolic OH excluding ortho intramolecular Hbond substituents is 1. The van der Waals surface area contributed by atoms with Crippen molar-refractivity contribution in [2.45, 2.75) is 13.5 Å². The van der Waals surface area contributed by atoms with Gasteiger partial charge in [0.05, 0.1) is 12.2 Å².